The minimum Gasteiger partial charge on any atom is -0.459 e. The van der Waals surface area contributed by atoms with Crippen molar-refractivity contribution in [3.63, 3.8) is 0 Å². The Morgan fingerprint density at radius 1 is 1.32 bits per heavy atom. The van der Waals surface area contributed by atoms with E-state index in [9.17, 15) is 18.0 Å². The van der Waals surface area contributed by atoms with Crippen LogP contribution in [0.1, 0.15) is 12.5 Å². The highest BCUT2D eigenvalue weighted by molar-refractivity contribution is 7.89. The number of hydrogen-bond donors (Lipinski definition) is 0. The molecule has 22 heavy (non-hydrogen) atoms. The molecule has 7 heteroatoms. The lowest BCUT2D eigenvalue weighted by Crippen LogP contribution is -2.40. The van der Waals surface area contributed by atoms with Gasteiger partial charge < -0.3 is 9.53 Å². The molecule has 1 aromatic rings. The monoisotopic (exact) mass is 325 g/mol. The maximum Gasteiger partial charge on any atom is 0.293 e. The lowest BCUT2D eigenvalue weighted by Gasteiger charge is -2.24. The van der Waals surface area contributed by atoms with E-state index in [0.29, 0.717) is 11.9 Å². The lowest BCUT2D eigenvalue weighted by atomic mass is 10.2. The molecule has 1 rings (SSSR count). The molecule has 0 aliphatic carbocycles. The van der Waals surface area contributed by atoms with E-state index in [1.54, 1.807) is 19.1 Å². The third-order valence-corrected chi connectivity index (χ3v) is 4.92. The Morgan fingerprint density at radius 3 is 2.36 bits per heavy atom. The van der Waals surface area contributed by atoms with Crippen LogP contribution >= 0.6 is 0 Å². The van der Waals surface area contributed by atoms with Gasteiger partial charge in [-0.05, 0) is 31.6 Å². The minimum absolute atomic E-state index is 0.0755. The SMILES string of the molecule is C=C(C)[C@H](CN(CC=O)S(=O)(=O)c1ccc(C)cc1)OC=O. The number of sulfonamides is 1. The lowest BCUT2D eigenvalue weighted by molar-refractivity contribution is -0.132. The van der Waals surface area contributed by atoms with E-state index in [-0.39, 0.29) is 24.5 Å². The van der Waals surface area contributed by atoms with Crippen LogP contribution in [-0.2, 0) is 24.3 Å². The summed E-state index contributed by atoms with van der Waals surface area (Å²) in [4.78, 5) is 21.4. The Hall–Kier alpha value is -1.99. The predicted octanol–water partition coefficient (Wildman–Crippen LogP) is 1.30. The number of aryl methyl sites for hydroxylation is 1. The van der Waals surface area contributed by atoms with Gasteiger partial charge in [0.15, 0.2) is 0 Å². The van der Waals surface area contributed by atoms with Crippen molar-refractivity contribution < 1.29 is 22.7 Å². The zero-order valence-corrected chi connectivity index (χ0v) is 13.4. The second kappa shape index (κ2) is 7.86. The summed E-state index contributed by atoms with van der Waals surface area (Å²) in [5.41, 5.74) is 1.41. The number of nitrogens with zero attached hydrogens (tertiary/aromatic N) is 1. The standard InChI is InChI=1S/C15H19NO5S/c1-12(2)15(21-11-18)10-16(8-9-17)22(19,20)14-6-4-13(3)5-7-14/h4-7,9,11,15H,1,8,10H2,2-3H3/t15-/m0/s1. The second-order valence-corrected chi connectivity index (χ2v) is 6.81. The molecule has 0 bridgehead atoms. The fourth-order valence-corrected chi connectivity index (χ4v) is 3.15. The van der Waals surface area contributed by atoms with Crippen molar-refractivity contribution >= 4 is 22.8 Å². The molecule has 0 N–H and O–H groups in total. The summed E-state index contributed by atoms with van der Waals surface area (Å²) in [6, 6.07) is 6.28. The van der Waals surface area contributed by atoms with Gasteiger partial charge in [0.2, 0.25) is 10.0 Å². The maximum atomic E-state index is 12.6. The van der Waals surface area contributed by atoms with Gasteiger partial charge in [-0.25, -0.2) is 8.42 Å². The Kier molecular flexibility index (Phi) is 6.45. The van der Waals surface area contributed by atoms with Gasteiger partial charge in [-0.15, -0.1) is 0 Å². The highest BCUT2D eigenvalue weighted by Crippen LogP contribution is 2.18. The van der Waals surface area contributed by atoms with Gasteiger partial charge in [0.25, 0.3) is 6.47 Å². The van der Waals surface area contributed by atoms with Gasteiger partial charge in [-0.2, -0.15) is 4.31 Å². The molecule has 0 amide bonds. The van der Waals surface area contributed by atoms with Crippen molar-refractivity contribution in [3.8, 4) is 0 Å². The zero-order chi connectivity index (χ0) is 16.8. The minimum atomic E-state index is -3.86. The first-order valence-corrected chi connectivity index (χ1v) is 8.02. The Labute approximate surface area is 130 Å². The molecule has 1 aromatic carbocycles. The number of benzene rings is 1. The molecule has 1 atom stereocenters. The van der Waals surface area contributed by atoms with E-state index < -0.39 is 16.1 Å². The van der Waals surface area contributed by atoms with E-state index in [2.05, 4.69) is 6.58 Å². The highest BCUT2D eigenvalue weighted by atomic mass is 32.2. The first-order chi connectivity index (χ1) is 10.3. The van der Waals surface area contributed by atoms with Gasteiger partial charge in [0.05, 0.1) is 18.0 Å². The van der Waals surface area contributed by atoms with Gasteiger partial charge in [-0.3, -0.25) is 4.79 Å². The van der Waals surface area contributed by atoms with Crippen molar-refractivity contribution in [1.29, 1.82) is 0 Å². The molecule has 0 radical (unpaired) electrons. The quantitative estimate of drug-likeness (QED) is 0.505. The van der Waals surface area contributed by atoms with Crippen molar-refractivity contribution in [3.05, 3.63) is 42.0 Å². The summed E-state index contributed by atoms with van der Waals surface area (Å²) >= 11 is 0. The van der Waals surface area contributed by atoms with Crippen LogP contribution in [0.4, 0.5) is 0 Å². The van der Waals surface area contributed by atoms with E-state index >= 15 is 0 Å². The molecule has 0 aromatic heterocycles. The normalized spacial score (nSPS) is 12.7. The zero-order valence-electron chi connectivity index (χ0n) is 12.6. The molecule has 0 fully saturated rings. The summed E-state index contributed by atoms with van der Waals surface area (Å²) in [7, 11) is -3.86. The second-order valence-electron chi connectivity index (χ2n) is 4.87. The Morgan fingerprint density at radius 2 is 1.91 bits per heavy atom. The molecule has 0 saturated carbocycles. The molecule has 0 aliphatic rings. The van der Waals surface area contributed by atoms with Crippen LogP contribution in [0.3, 0.4) is 0 Å². The molecule has 0 heterocycles. The number of ether oxygens (including phenoxy) is 1. The number of carbonyl (C=O) groups excluding carboxylic acids is 2. The average Bonchev–Trinajstić information content (AvgIpc) is 2.46. The molecular weight excluding hydrogens is 306 g/mol. The summed E-state index contributed by atoms with van der Waals surface area (Å²) in [5, 5.41) is 0. The fraction of sp³-hybridized carbons (Fsp3) is 0.333. The van der Waals surface area contributed by atoms with Crippen molar-refractivity contribution in [2.45, 2.75) is 24.8 Å². The average molecular weight is 325 g/mol. The largest absolute Gasteiger partial charge is 0.459 e. The summed E-state index contributed by atoms with van der Waals surface area (Å²) in [6.45, 7) is 6.86. The third-order valence-electron chi connectivity index (χ3n) is 3.08. The van der Waals surface area contributed by atoms with E-state index in [0.717, 1.165) is 9.87 Å². The number of aldehydes is 1. The first kappa shape index (κ1) is 18.1. The topological polar surface area (TPSA) is 80.8 Å². The fourth-order valence-electron chi connectivity index (χ4n) is 1.78. The third kappa shape index (κ3) is 4.51. The molecular formula is C15H19NO5S. The van der Waals surface area contributed by atoms with Crippen molar-refractivity contribution in [2.75, 3.05) is 13.1 Å². The summed E-state index contributed by atoms with van der Waals surface area (Å²) < 4.78 is 31.0. The van der Waals surface area contributed by atoms with Crippen LogP contribution in [0.25, 0.3) is 0 Å². The highest BCUT2D eigenvalue weighted by Gasteiger charge is 2.27. The van der Waals surface area contributed by atoms with Gasteiger partial charge >= 0.3 is 0 Å². The maximum absolute atomic E-state index is 12.6. The summed E-state index contributed by atoms with van der Waals surface area (Å²) in [5.74, 6) is 0. The molecule has 0 saturated heterocycles. The smallest absolute Gasteiger partial charge is 0.293 e. The molecule has 6 nitrogen and oxygen atoms in total. The van der Waals surface area contributed by atoms with Crippen LogP contribution in [-0.4, -0.2) is 44.7 Å². The van der Waals surface area contributed by atoms with Crippen LogP contribution in [0.15, 0.2) is 41.3 Å². The van der Waals surface area contributed by atoms with Gasteiger partial charge in [-0.1, -0.05) is 24.3 Å². The van der Waals surface area contributed by atoms with Crippen molar-refractivity contribution in [1.82, 2.24) is 4.31 Å². The van der Waals surface area contributed by atoms with Crippen LogP contribution in [0.5, 0.6) is 0 Å². The van der Waals surface area contributed by atoms with Crippen molar-refractivity contribution in [2.24, 2.45) is 0 Å². The van der Waals surface area contributed by atoms with Gasteiger partial charge in [0.1, 0.15) is 12.4 Å². The molecule has 0 unspecified atom stereocenters. The number of hydrogen-bond acceptors (Lipinski definition) is 5. The predicted molar refractivity (Wildman–Crippen MR) is 81.8 cm³/mol. The van der Waals surface area contributed by atoms with Crippen LogP contribution in [0, 0.1) is 6.92 Å². The van der Waals surface area contributed by atoms with E-state index in [1.807, 2.05) is 6.92 Å². The molecule has 0 spiro atoms. The van der Waals surface area contributed by atoms with E-state index in [1.165, 1.54) is 12.1 Å². The first-order valence-electron chi connectivity index (χ1n) is 6.58. The number of carbonyl (C=O) groups is 2. The number of rotatable bonds is 9. The van der Waals surface area contributed by atoms with E-state index in [4.69, 9.17) is 4.74 Å². The Bertz CT molecular complexity index is 636. The molecule has 0 aliphatic heterocycles. The van der Waals surface area contributed by atoms with Gasteiger partial charge in [0, 0.05) is 0 Å². The Balaban J connectivity index is 3.11. The van der Waals surface area contributed by atoms with Crippen LogP contribution < -0.4 is 0 Å². The van der Waals surface area contributed by atoms with Crippen LogP contribution in [0.2, 0.25) is 0 Å². The summed E-state index contributed by atoms with van der Waals surface area (Å²) in [6.07, 6.45) is -0.319. The molecule has 120 valence electrons.